The molecular weight excluding hydrogens is 240 g/mol. The fraction of sp³-hybridized carbons (Fsp3) is 0.273. The number of halogens is 1. The number of pyridine rings is 1. The van der Waals surface area contributed by atoms with E-state index in [1.807, 2.05) is 38.1 Å². The van der Waals surface area contributed by atoms with Crippen molar-refractivity contribution in [2.24, 2.45) is 0 Å². The summed E-state index contributed by atoms with van der Waals surface area (Å²) >= 11 is 3.31. The lowest BCUT2D eigenvalue weighted by atomic mass is 10.1. The Labute approximate surface area is 92.7 Å². The maximum atomic E-state index is 7.64. The van der Waals surface area contributed by atoms with E-state index in [9.17, 15) is 0 Å². The normalized spacial score (nSPS) is 11.5. The highest BCUT2D eigenvalue weighted by Gasteiger charge is 1.97. The molecule has 0 atom stereocenters. The Kier molecular flexibility index (Phi) is 4.01. The minimum absolute atomic E-state index is 0.659. The van der Waals surface area contributed by atoms with Crippen LogP contribution in [0.25, 0.3) is 6.08 Å². The Balaban J connectivity index is 2.91. The van der Waals surface area contributed by atoms with Crippen molar-refractivity contribution in [3.05, 3.63) is 34.1 Å². The van der Waals surface area contributed by atoms with Gasteiger partial charge in [-0.25, -0.2) is 4.98 Å². The molecule has 1 aromatic rings. The van der Waals surface area contributed by atoms with Crippen molar-refractivity contribution in [3.63, 3.8) is 0 Å². The quantitative estimate of drug-likeness (QED) is 0.647. The third kappa shape index (κ3) is 3.07. The van der Waals surface area contributed by atoms with Crippen LogP contribution in [0, 0.1) is 5.41 Å². The minimum atomic E-state index is 0.659. The second kappa shape index (κ2) is 5.05. The zero-order valence-corrected chi connectivity index (χ0v) is 9.93. The molecule has 0 aliphatic rings. The van der Waals surface area contributed by atoms with Crippen LogP contribution in [-0.2, 0) is 0 Å². The molecule has 0 aliphatic carbocycles. The van der Waals surface area contributed by atoms with E-state index in [4.69, 9.17) is 5.41 Å². The van der Waals surface area contributed by atoms with Crippen LogP contribution < -0.4 is 0 Å². The van der Waals surface area contributed by atoms with E-state index >= 15 is 0 Å². The lowest BCUT2D eigenvalue weighted by Crippen LogP contribution is -1.95. The summed E-state index contributed by atoms with van der Waals surface area (Å²) in [6, 6.07) is 5.75. The summed E-state index contributed by atoms with van der Waals surface area (Å²) in [6.07, 6.45) is 2.69. The van der Waals surface area contributed by atoms with Gasteiger partial charge in [0.2, 0.25) is 0 Å². The summed E-state index contributed by atoms with van der Waals surface area (Å²) < 4.78 is 0.821. The smallest absolute Gasteiger partial charge is 0.106 e. The Hall–Kier alpha value is -0.960. The molecule has 14 heavy (non-hydrogen) atoms. The monoisotopic (exact) mass is 252 g/mol. The van der Waals surface area contributed by atoms with Crippen LogP contribution >= 0.6 is 15.9 Å². The summed E-state index contributed by atoms with van der Waals surface area (Å²) in [5.74, 6) is 0. The molecule has 0 saturated carbocycles. The third-order valence-corrected chi connectivity index (χ3v) is 2.37. The van der Waals surface area contributed by atoms with Gasteiger partial charge in [-0.15, -0.1) is 0 Å². The zero-order chi connectivity index (χ0) is 10.6. The van der Waals surface area contributed by atoms with Crippen molar-refractivity contribution in [2.75, 3.05) is 0 Å². The molecule has 0 aliphatic heterocycles. The van der Waals surface area contributed by atoms with Crippen LogP contribution in [0.2, 0.25) is 0 Å². The highest BCUT2D eigenvalue weighted by atomic mass is 79.9. The van der Waals surface area contributed by atoms with Crippen molar-refractivity contribution in [1.82, 2.24) is 4.98 Å². The number of hydrogen-bond donors (Lipinski definition) is 1. The molecule has 1 N–H and O–H groups in total. The van der Waals surface area contributed by atoms with Crippen LogP contribution in [0.1, 0.15) is 26.0 Å². The van der Waals surface area contributed by atoms with Gasteiger partial charge in [-0.05, 0) is 53.1 Å². The predicted octanol–water partition coefficient (Wildman–Crippen LogP) is 3.68. The minimum Gasteiger partial charge on any atom is -0.305 e. The van der Waals surface area contributed by atoms with Crippen LogP contribution in [0.3, 0.4) is 0 Å². The predicted molar refractivity (Wildman–Crippen MR) is 63.6 cm³/mol. The van der Waals surface area contributed by atoms with Gasteiger partial charge in [0.15, 0.2) is 0 Å². The van der Waals surface area contributed by atoms with E-state index in [-0.39, 0.29) is 0 Å². The highest BCUT2D eigenvalue weighted by molar-refractivity contribution is 9.10. The zero-order valence-electron chi connectivity index (χ0n) is 8.34. The molecule has 2 nitrogen and oxygen atoms in total. The molecule has 0 saturated heterocycles. The second-order valence-electron chi connectivity index (χ2n) is 3.04. The van der Waals surface area contributed by atoms with E-state index in [2.05, 4.69) is 20.9 Å². The van der Waals surface area contributed by atoms with E-state index in [1.54, 1.807) is 0 Å². The van der Waals surface area contributed by atoms with Crippen LogP contribution in [0.5, 0.6) is 0 Å². The standard InChI is InChI=1S/C11H13BrN2/c1-3-10(13)8(2)7-9-5-4-6-11(12)14-9/h4-7,13H,3H2,1-2H3/b8-7+,13-10?. The van der Waals surface area contributed by atoms with E-state index in [0.717, 1.165) is 22.3 Å². The molecule has 0 amide bonds. The topological polar surface area (TPSA) is 36.7 Å². The number of hydrogen-bond acceptors (Lipinski definition) is 2. The summed E-state index contributed by atoms with van der Waals surface area (Å²) in [4.78, 5) is 4.27. The SMILES string of the molecule is CCC(=N)/C(C)=C/c1cccc(Br)n1. The molecule has 0 fully saturated rings. The molecule has 1 aromatic heterocycles. The summed E-state index contributed by atoms with van der Waals surface area (Å²) in [7, 11) is 0. The average molecular weight is 253 g/mol. The second-order valence-corrected chi connectivity index (χ2v) is 3.86. The highest BCUT2D eigenvalue weighted by Crippen LogP contribution is 2.10. The summed E-state index contributed by atoms with van der Waals surface area (Å²) in [6.45, 7) is 3.92. The molecule has 1 rings (SSSR count). The maximum absolute atomic E-state index is 7.64. The van der Waals surface area contributed by atoms with Gasteiger partial charge in [0, 0.05) is 5.71 Å². The number of nitrogens with zero attached hydrogens (tertiary/aromatic N) is 1. The number of nitrogens with one attached hydrogen (secondary N) is 1. The van der Waals surface area contributed by atoms with Crippen molar-refractivity contribution in [1.29, 1.82) is 5.41 Å². The Morgan fingerprint density at radius 1 is 1.57 bits per heavy atom. The maximum Gasteiger partial charge on any atom is 0.106 e. The van der Waals surface area contributed by atoms with Crippen LogP contribution in [-0.4, -0.2) is 10.7 Å². The van der Waals surface area contributed by atoms with Crippen LogP contribution in [0.15, 0.2) is 28.4 Å². The number of rotatable bonds is 3. The molecule has 74 valence electrons. The van der Waals surface area contributed by atoms with Crippen molar-refractivity contribution in [3.8, 4) is 0 Å². The molecule has 0 unspecified atom stereocenters. The third-order valence-electron chi connectivity index (χ3n) is 1.93. The number of aromatic nitrogens is 1. The van der Waals surface area contributed by atoms with E-state index < -0.39 is 0 Å². The summed E-state index contributed by atoms with van der Waals surface area (Å²) in [5, 5.41) is 7.64. The first kappa shape index (κ1) is 11.1. The van der Waals surface area contributed by atoms with Crippen LogP contribution in [0.4, 0.5) is 0 Å². The van der Waals surface area contributed by atoms with Gasteiger partial charge < -0.3 is 5.41 Å². The van der Waals surface area contributed by atoms with Gasteiger partial charge in [0.1, 0.15) is 4.60 Å². The Morgan fingerprint density at radius 3 is 2.86 bits per heavy atom. The van der Waals surface area contributed by atoms with Crippen molar-refractivity contribution < 1.29 is 0 Å². The Bertz CT molecular complexity index is 369. The number of allylic oxidation sites excluding steroid dienone is 1. The molecule has 0 radical (unpaired) electrons. The molecular formula is C11H13BrN2. The Morgan fingerprint density at radius 2 is 2.29 bits per heavy atom. The first-order chi connectivity index (χ1) is 6.63. The fourth-order valence-electron chi connectivity index (χ4n) is 1.09. The average Bonchev–Trinajstić information content (AvgIpc) is 2.16. The lowest BCUT2D eigenvalue weighted by molar-refractivity contribution is 1.22. The molecule has 0 aromatic carbocycles. The van der Waals surface area contributed by atoms with Gasteiger partial charge in [0.25, 0.3) is 0 Å². The fourth-order valence-corrected chi connectivity index (χ4v) is 1.45. The molecule has 3 heteroatoms. The van der Waals surface area contributed by atoms with Gasteiger partial charge >= 0.3 is 0 Å². The van der Waals surface area contributed by atoms with Gasteiger partial charge in [0.05, 0.1) is 5.69 Å². The van der Waals surface area contributed by atoms with Gasteiger partial charge in [-0.1, -0.05) is 13.0 Å². The molecule has 0 spiro atoms. The van der Waals surface area contributed by atoms with Gasteiger partial charge in [-0.3, -0.25) is 0 Å². The molecule has 1 heterocycles. The van der Waals surface area contributed by atoms with E-state index in [0.29, 0.717) is 5.71 Å². The first-order valence-corrected chi connectivity index (χ1v) is 5.31. The van der Waals surface area contributed by atoms with Gasteiger partial charge in [-0.2, -0.15) is 0 Å². The largest absolute Gasteiger partial charge is 0.305 e. The lowest BCUT2D eigenvalue weighted by Gasteiger charge is -2.00. The van der Waals surface area contributed by atoms with Crippen molar-refractivity contribution in [2.45, 2.75) is 20.3 Å². The van der Waals surface area contributed by atoms with E-state index in [1.165, 1.54) is 0 Å². The molecule has 0 bridgehead atoms. The first-order valence-electron chi connectivity index (χ1n) is 4.52. The summed E-state index contributed by atoms with van der Waals surface area (Å²) in [5.41, 5.74) is 2.51. The van der Waals surface area contributed by atoms with Crippen molar-refractivity contribution >= 4 is 27.7 Å².